The monoisotopic (exact) mass is 652 g/mol. The van der Waals surface area contributed by atoms with Crippen LogP contribution in [0.3, 0.4) is 0 Å². The van der Waals surface area contributed by atoms with Crippen LogP contribution in [-0.2, 0) is 0 Å². The van der Waals surface area contributed by atoms with Crippen molar-refractivity contribution in [2.45, 2.75) is 95.8 Å². The van der Waals surface area contributed by atoms with Crippen molar-refractivity contribution in [1.29, 1.82) is 5.26 Å². The van der Waals surface area contributed by atoms with Gasteiger partial charge in [-0.05, 0) is 69.7 Å². The van der Waals surface area contributed by atoms with Gasteiger partial charge < -0.3 is 25.2 Å². The molecule has 2 aliphatic heterocycles. The lowest BCUT2D eigenvalue weighted by Gasteiger charge is -2.41. The molecule has 4 aliphatic rings. The number of anilines is 3. The molecule has 1 amide bonds. The number of nitrogens with one attached hydrogen (secondary N) is 2. The van der Waals surface area contributed by atoms with Crippen molar-refractivity contribution >= 4 is 23.4 Å². The summed E-state index contributed by atoms with van der Waals surface area (Å²) in [7, 11) is 1.61. The molecule has 48 heavy (non-hydrogen) atoms. The Bertz CT molecular complexity index is 1640. The van der Waals surface area contributed by atoms with Gasteiger partial charge in [0.25, 0.3) is 5.91 Å². The highest BCUT2D eigenvalue weighted by Gasteiger charge is 2.39. The summed E-state index contributed by atoms with van der Waals surface area (Å²) in [6.07, 6.45) is 13.2. The van der Waals surface area contributed by atoms with E-state index < -0.39 is 0 Å². The normalized spacial score (nSPS) is 23.3. The highest BCUT2D eigenvalue weighted by atomic mass is 16.5. The zero-order chi connectivity index (χ0) is 33.2. The molecule has 0 unspecified atom stereocenters. The predicted molar refractivity (Wildman–Crippen MR) is 185 cm³/mol. The number of imidazole rings is 1. The van der Waals surface area contributed by atoms with E-state index in [9.17, 15) is 10.1 Å². The van der Waals surface area contributed by atoms with Crippen molar-refractivity contribution in [3.63, 3.8) is 0 Å². The third-order valence-corrected chi connectivity index (χ3v) is 11.0. The van der Waals surface area contributed by atoms with E-state index in [0.717, 1.165) is 94.9 Å². The smallest absolute Gasteiger partial charge is 0.251 e. The van der Waals surface area contributed by atoms with Crippen LogP contribution in [-0.4, -0.2) is 93.2 Å². The Hall–Kier alpha value is -4.21. The van der Waals surface area contributed by atoms with Crippen molar-refractivity contribution in [2.24, 2.45) is 0 Å². The lowest BCUT2D eigenvalue weighted by atomic mass is 9.89. The summed E-state index contributed by atoms with van der Waals surface area (Å²) in [6, 6.07) is 8.92. The minimum Gasteiger partial charge on any atom is -0.495 e. The summed E-state index contributed by atoms with van der Waals surface area (Å²) in [4.78, 5) is 35.1. The van der Waals surface area contributed by atoms with E-state index in [1.807, 2.05) is 16.7 Å². The van der Waals surface area contributed by atoms with Gasteiger partial charge in [-0.15, -0.1) is 0 Å². The molecule has 0 bridgehead atoms. The number of carbonyl (C=O) groups is 1. The van der Waals surface area contributed by atoms with Gasteiger partial charge in [-0.2, -0.15) is 10.2 Å². The number of hydrogen-bond donors (Lipinski definition) is 2. The van der Waals surface area contributed by atoms with Crippen molar-refractivity contribution in [2.75, 3.05) is 50.1 Å². The fraction of sp³-hybridized carbons (Fsp3) is 0.583. The van der Waals surface area contributed by atoms with Crippen LogP contribution in [0.25, 0.3) is 5.69 Å². The minimum absolute atomic E-state index is 0.000552. The molecule has 2 saturated carbocycles. The molecule has 4 heterocycles. The Morgan fingerprint density at radius 3 is 2.48 bits per heavy atom. The minimum atomic E-state index is -0.0735. The molecule has 0 spiro atoms. The molecule has 254 valence electrons. The largest absolute Gasteiger partial charge is 0.495 e. The maximum Gasteiger partial charge on any atom is 0.251 e. The van der Waals surface area contributed by atoms with Crippen LogP contribution in [0.2, 0.25) is 0 Å². The molecule has 7 rings (SSSR count). The van der Waals surface area contributed by atoms with Gasteiger partial charge in [0, 0.05) is 49.9 Å². The quantitative estimate of drug-likeness (QED) is 0.319. The van der Waals surface area contributed by atoms with Crippen LogP contribution < -0.4 is 20.3 Å². The van der Waals surface area contributed by atoms with Crippen molar-refractivity contribution in [3.8, 4) is 17.5 Å². The third-order valence-electron chi connectivity index (χ3n) is 11.0. The SMILES string of the molecule is CC[C@@H]1c2c(C#N)ncn2-c2cnc(Nc3ccc(C(=O)NC4CCC(N5CCN(CC)CC5)CC4)cc3OC)nc2N1C1CCCC1. The van der Waals surface area contributed by atoms with Crippen LogP contribution in [0.5, 0.6) is 5.75 Å². The standard InChI is InChI=1S/C36H48N10O2/c1-4-30-33-29(21-37)39-23-45(33)31-22-38-36(42-34(31)46(30)27-8-6-7-9-27)41-28-15-10-24(20-32(28)48-3)35(47)40-25-11-13-26(14-12-25)44-18-16-43(5-2)17-19-44/h10,15,20,22-23,25-27,30H,4-9,11-14,16-19H2,1-3H3,(H,40,47)(H,38,41,42)/t25?,26?,30-/m1/s1. The number of nitriles is 1. The highest BCUT2D eigenvalue weighted by Crippen LogP contribution is 2.44. The summed E-state index contributed by atoms with van der Waals surface area (Å²) >= 11 is 0. The Kier molecular flexibility index (Phi) is 9.50. The summed E-state index contributed by atoms with van der Waals surface area (Å²) in [5.41, 5.74) is 3.45. The van der Waals surface area contributed by atoms with Crippen molar-refractivity contribution in [3.05, 3.63) is 47.7 Å². The molecule has 0 radical (unpaired) electrons. The molecule has 1 atom stereocenters. The molecular weight excluding hydrogens is 604 g/mol. The first-order chi connectivity index (χ1) is 23.5. The molecule has 2 aliphatic carbocycles. The van der Waals surface area contributed by atoms with Crippen LogP contribution in [0, 0.1) is 11.3 Å². The average Bonchev–Trinajstić information content (AvgIpc) is 3.82. The molecule has 12 nitrogen and oxygen atoms in total. The number of benzene rings is 1. The third kappa shape index (κ3) is 6.21. The van der Waals surface area contributed by atoms with E-state index in [0.29, 0.717) is 40.7 Å². The summed E-state index contributed by atoms with van der Waals surface area (Å²) < 4.78 is 7.72. The number of amides is 1. The first-order valence-corrected chi connectivity index (χ1v) is 17.9. The second-order valence-electron chi connectivity index (χ2n) is 13.6. The first-order valence-electron chi connectivity index (χ1n) is 17.9. The number of piperazine rings is 1. The molecule has 1 aromatic carbocycles. The van der Waals surface area contributed by atoms with Gasteiger partial charge in [-0.3, -0.25) is 14.3 Å². The fourth-order valence-electron chi connectivity index (χ4n) is 8.38. The molecule has 3 aromatic rings. The first kappa shape index (κ1) is 32.3. The Morgan fingerprint density at radius 1 is 1.02 bits per heavy atom. The van der Waals surface area contributed by atoms with Crippen molar-refractivity contribution in [1.82, 2.24) is 34.6 Å². The molecule has 3 fully saturated rings. The summed E-state index contributed by atoms with van der Waals surface area (Å²) in [6.45, 7) is 10.1. The van der Waals surface area contributed by atoms with Gasteiger partial charge in [0.2, 0.25) is 5.95 Å². The van der Waals surface area contributed by atoms with E-state index in [-0.39, 0.29) is 18.0 Å². The lowest BCUT2D eigenvalue weighted by Crippen LogP contribution is -2.52. The Morgan fingerprint density at radius 2 is 1.79 bits per heavy atom. The van der Waals surface area contributed by atoms with Crippen LogP contribution >= 0.6 is 0 Å². The number of methoxy groups -OCH3 is 1. The molecule has 12 heteroatoms. The zero-order valence-electron chi connectivity index (χ0n) is 28.5. The van der Waals surface area contributed by atoms with Crippen LogP contribution in [0.15, 0.2) is 30.7 Å². The fourth-order valence-corrected chi connectivity index (χ4v) is 8.38. The van der Waals surface area contributed by atoms with Crippen LogP contribution in [0.4, 0.5) is 17.5 Å². The number of ether oxygens (including phenoxy) is 1. The number of rotatable bonds is 9. The molecule has 1 saturated heterocycles. The van der Waals surface area contributed by atoms with E-state index in [4.69, 9.17) is 9.72 Å². The molecular formula is C36H48N10O2. The van der Waals surface area contributed by atoms with Gasteiger partial charge in [0.15, 0.2) is 11.5 Å². The number of nitrogens with zero attached hydrogens (tertiary/aromatic N) is 8. The van der Waals surface area contributed by atoms with Crippen molar-refractivity contribution < 1.29 is 9.53 Å². The molecule has 2 N–H and O–H groups in total. The van der Waals surface area contributed by atoms with Gasteiger partial charge in [-0.25, -0.2) is 9.97 Å². The van der Waals surface area contributed by atoms with E-state index in [1.54, 1.807) is 25.7 Å². The topological polar surface area (TPSA) is 127 Å². The Labute approximate surface area is 283 Å². The lowest BCUT2D eigenvalue weighted by molar-refractivity contribution is 0.0730. The van der Waals surface area contributed by atoms with Gasteiger partial charge in [0.05, 0.1) is 30.7 Å². The Balaban J connectivity index is 1.05. The number of aromatic nitrogens is 4. The predicted octanol–water partition coefficient (Wildman–Crippen LogP) is 5.18. The molecule has 2 aromatic heterocycles. The second kappa shape index (κ2) is 14.1. The number of fused-ring (bicyclic) bond motifs is 3. The highest BCUT2D eigenvalue weighted by molar-refractivity contribution is 5.95. The summed E-state index contributed by atoms with van der Waals surface area (Å²) in [5.74, 6) is 1.76. The van der Waals surface area contributed by atoms with Crippen LogP contribution in [0.1, 0.15) is 99.4 Å². The number of hydrogen-bond acceptors (Lipinski definition) is 10. The average molecular weight is 653 g/mol. The van der Waals surface area contributed by atoms with E-state index in [1.165, 1.54) is 12.8 Å². The maximum absolute atomic E-state index is 13.3. The number of likely N-dealkylation sites (N-methyl/N-ethyl adjacent to an activating group) is 1. The van der Waals surface area contributed by atoms with Gasteiger partial charge in [-0.1, -0.05) is 26.7 Å². The number of carbonyl (C=O) groups excluding carboxylic acids is 1. The maximum atomic E-state index is 13.3. The van der Waals surface area contributed by atoms with E-state index in [2.05, 4.69) is 55.2 Å². The summed E-state index contributed by atoms with van der Waals surface area (Å²) in [5, 5.41) is 16.5. The van der Waals surface area contributed by atoms with E-state index >= 15 is 0 Å². The van der Waals surface area contributed by atoms with Gasteiger partial charge >= 0.3 is 0 Å². The second-order valence-corrected chi connectivity index (χ2v) is 13.6. The van der Waals surface area contributed by atoms with Gasteiger partial charge in [0.1, 0.15) is 23.8 Å². The zero-order valence-corrected chi connectivity index (χ0v) is 28.5.